The number of ether oxygens (including phenoxy) is 2. The van der Waals surface area contributed by atoms with Crippen LogP contribution < -0.4 is 14.4 Å². The molecule has 5 rings (SSSR count). The van der Waals surface area contributed by atoms with Gasteiger partial charge in [-0.2, -0.15) is 0 Å². The number of nitrogens with zero attached hydrogens (tertiary/aromatic N) is 2. The van der Waals surface area contributed by atoms with Crippen LogP contribution in [0.2, 0.25) is 0 Å². The van der Waals surface area contributed by atoms with Gasteiger partial charge in [-0.25, -0.2) is 4.90 Å². The molecule has 0 aromatic heterocycles. The molecule has 2 heterocycles. The average molecular weight is 455 g/mol. The molecule has 2 aliphatic rings. The highest BCUT2D eigenvalue weighted by atomic mass is 16.5. The summed E-state index contributed by atoms with van der Waals surface area (Å²) in [7, 11) is 1.60. The van der Waals surface area contributed by atoms with Crippen molar-refractivity contribution in [3.05, 3.63) is 95.2 Å². The van der Waals surface area contributed by atoms with Crippen molar-refractivity contribution in [2.75, 3.05) is 25.2 Å². The van der Waals surface area contributed by atoms with Crippen molar-refractivity contribution in [2.24, 2.45) is 0 Å². The Bertz CT molecular complexity index is 1280. The summed E-state index contributed by atoms with van der Waals surface area (Å²) < 4.78 is 10.9. The zero-order valence-corrected chi connectivity index (χ0v) is 19.3. The maximum absolute atomic E-state index is 13.8. The Morgan fingerprint density at radius 1 is 0.853 bits per heavy atom. The van der Waals surface area contributed by atoms with Crippen molar-refractivity contribution in [1.29, 1.82) is 0 Å². The summed E-state index contributed by atoms with van der Waals surface area (Å²) in [5.41, 5.74) is 4.49. The Labute approximate surface area is 199 Å². The predicted molar refractivity (Wildman–Crippen MR) is 131 cm³/mol. The van der Waals surface area contributed by atoms with E-state index in [1.165, 1.54) is 16.0 Å². The molecule has 2 aliphatic heterocycles. The van der Waals surface area contributed by atoms with Gasteiger partial charge in [0.2, 0.25) is 0 Å². The van der Waals surface area contributed by atoms with Gasteiger partial charge in [-0.3, -0.25) is 9.59 Å². The first kappa shape index (κ1) is 21.8. The fraction of sp³-hybridized carbons (Fsp3) is 0.214. The number of imide groups is 1. The van der Waals surface area contributed by atoms with Crippen LogP contribution in [0.1, 0.15) is 23.6 Å². The van der Waals surface area contributed by atoms with Gasteiger partial charge < -0.3 is 14.4 Å². The quantitative estimate of drug-likeness (QED) is 0.516. The summed E-state index contributed by atoms with van der Waals surface area (Å²) in [6, 6.07) is 22.6. The highest BCUT2D eigenvalue weighted by molar-refractivity contribution is 6.45. The predicted octanol–water partition coefficient (Wildman–Crippen LogP) is 4.44. The molecular weight excluding hydrogens is 428 g/mol. The summed E-state index contributed by atoms with van der Waals surface area (Å²) in [5, 5.41) is 0. The van der Waals surface area contributed by atoms with E-state index in [2.05, 4.69) is 12.1 Å². The highest BCUT2D eigenvalue weighted by Crippen LogP contribution is 2.38. The number of amides is 2. The number of hydrogen-bond acceptors (Lipinski definition) is 5. The van der Waals surface area contributed by atoms with E-state index < -0.39 is 0 Å². The van der Waals surface area contributed by atoms with Crippen LogP contribution in [0, 0.1) is 0 Å². The van der Waals surface area contributed by atoms with Gasteiger partial charge in [0.1, 0.15) is 17.2 Å². The number of hydrogen-bond donors (Lipinski definition) is 0. The fourth-order valence-corrected chi connectivity index (χ4v) is 4.63. The first-order valence-electron chi connectivity index (χ1n) is 11.4. The number of rotatable bonds is 6. The molecule has 0 unspecified atom stereocenters. The number of fused-ring (bicyclic) bond motifs is 1. The van der Waals surface area contributed by atoms with E-state index in [1.807, 2.05) is 54.3 Å². The van der Waals surface area contributed by atoms with Crippen molar-refractivity contribution in [3.63, 3.8) is 0 Å². The lowest BCUT2D eigenvalue weighted by molar-refractivity contribution is -0.120. The van der Waals surface area contributed by atoms with Gasteiger partial charge in [0.15, 0.2) is 0 Å². The van der Waals surface area contributed by atoms with Gasteiger partial charge in [0, 0.05) is 19.2 Å². The summed E-state index contributed by atoms with van der Waals surface area (Å²) >= 11 is 0. The number of methoxy groups -OCH3 is 1. The molecular formula is C28H26N2O4. The monoisotopic (exact) mass is 454 g/mol. The van der Waals surface area contributed by atoms with Crippen LogP contribution >= 0.6 is 0 Å². The molecule has 34 heavy (non-hydrogen) atoms. The molecule has 0 fully saturated rings. The summed E-state index contributed by atoms with van der Waals surface area (Å²) in [4.78, 5) is 30.9. The SMILES string of the molecule is CCOc1cccc(N2C(=O)C(c3ccc(OC)cc3)=C(N3CCc4ccccc4C3)C2=O)c1. The fourth-order valence-electron chi connectivity index (χ4n) is 4.63. The molecule has 6 heteroatoms. The molecule has 0 N–H and O–H groups in total. The van der Waals surface area contributed by atoms with Gasteiger partial charge in [0.05, 0.1) is 25.0 Å². The molecule has 3 aromatic carbocycles. The Morgan fingerprint density at radius 3 is 2.35 bits per heavy atom. The number of anilines is 1. The zero-order chi connectivity index (χ0) is 23.7. The lowest BCUT2D eigenvalue weighted by Crippen LogP contribution is -2.37. The largest absolute Gasteiger partial charge is 0.497 e. The normalized spacial score (nSPS) is 15.6. The number of carbonyl (C=O) groups excluding carboxylic acids is 2. The molecule has 172 valence electrons. The van der Waals surface area contributed by atoms with E-state index in [0.717, 1.165) is 6.42 Å². The van der Waals surface area contributed by atoms with E-state index >= 15 is 0 Å². The third-order valence-electron chi connectivity index (χ3n) is 6.27. The van der Waals surface area contributed by atoms with Crippen LogP contribution in [-0.4, -0.2) is 37.0 Å². The lowest BCUT2D eigenvalue weighted by atomic mass is 9.98. The van der Waals surface area contributed by atoms with Crippen LogP contribution in [0.5, 0.6) is 11.5 Å². The van der Waals surface area contributed by atoms with Crippen molar-refractivity contribution in [3.8, 4) is 11.5 Å². The van der Waals surface area contributed by atoms with Gasteiger partial charge in [0.25, 0.3) is 11.8 Å². The Hall–Kier alpha value is -4.06. The van der Waals surface area contributed by atoms with Crippen molar-refractivity contribution in [1.82, 2.24) is 4.90 Å². The molecule has 0 atom stereocenters. The summed E-state index contributed by atoms with van der Waals surface area (Å²) in [6.07, 6.45) is 0.816. The number of benzene rings is 3. The van der Waals surface area contributed by atoms with E-state index in [1.54, 1.807) is 25.3 Å². The van der Waals surface area contributed by atoms with Crippen LogP contribution in [0.25, 0.3) is 5.57 Å². The second-order valence-electron chi connectivity index (χ2n) is 8.27. The molecule has 0 aliphatic carbocycles. The molecule has 3 aromatic rings. The van der Waals surface area contributed by atoms with Crippen molar-refractivity contribution >= 4 is 23.1 Å². The second kappa shape index (κ2) is 9.06. The van der Waals surface area contributed by atoms with E-state index in [0.29, 0.717) is 53.7 Å². The lowest BCUT2D eigenvalue weighted by Gasteiger charge is -2.31. The maximum Gasteiger partial charge on any atom is 0.282 e. The first-order chi connectivity index (χ1) is 16.6. The number of carbonyl (C=O) groups is 2. The molecule has 0 spiro atoms. The van der Waals surface area contributed by atoms with E-state index in [4.69, 9.17) is 9.47 Å². The zero-order valence-electron chi connectivity index (χ0n) is 19.3. The van der Waals surface area contributed by atoms with Crippen molar-refractivity contribution in [2.45, 2.75) is 19.9 Å². The first-order valence-corrected chi connectivity index (χ1v) is 11.4. The third kappa shape index (κ3) is 3.81. The van der Waals surface area contributed by atoms with Crippen LogP contribution in [0.4, 0.5) is 5.69 Å². The Morgan fingerprint density at radius 2 is 1.62 bits per heavy atom. The highest BCUT2D eigenvalue weighted by Gasteiger charge is 2.43. The molecule has 0 saturated carbocycles. The Kier molecular flexibility index (Phi) is 5.80. The van der Waals surface area contributed by atoms with E-state index in [-0.39, 0.29) is 11.8 Å². The summed E-state index contributed by atoms with van der Waals surface area (Å²) in [6.45, 7) is 3.64. The molecule has 0 bridgehead atoms. The minimum atomic E-state index is -0.335. The standard InChI is InChI=1S/C28H26N2O4/c1-3-34-24-10-6-9-22(17-24)30-27(31)25(20-11-13-23(33-2)14-12-20)26(28(30)32)29-16-15-19-7-4-5-8-21(19)18-29/h4-14,17H,3,15-16,18H2,1-2H3. The van der Waals surface area contributed by atoms with Crippen molar-refractivity contribution < 1.29 is 19.1 Å². The smallest absolute Gasteiger partial charge is 0.282 e. The molecule has 0 saturated heterocycles. The topological polar surface area (TPSA) is 59.1 Å². The second-order valence-corrected chi connectivity index (χ2v) is 8.27. The Balaban J connectivity index is 1.59. The van der Waals surface area contributed by atoms with Crippen LogP contribution in [0.3, 0.4) is 0 Å². The van der Waals surface area contributed by atoms with Gasteiger partial charge in [-0.15, -0.1) is 0 Å². The maximum atomic E-state index is 13.8. The van der Waals surface area contributed by atoms with Crippen LogP contribution in [-0.2, 0) is 22.6 Å². The van der Waals surface area contributed by atoms with Gasteiger partial charge >= 0.3 is 0 Å². The minimum Gasteiger partial charge on any atom is -0.497 e. The third-order valence-corrected chi connectivity index (χ3v) is 6.27. The average Bonchev–Trinajstić information content (AvgIpc) is 3.14. The van der Waals surface area contributed by atoms with E-state index in [9.17, 15) is 9.59 Å². The minimum absolute atomic E-state index is 0.316. The van der Waals surface area contributed by atoms with Gasteiger partial charge in [-0.1, -0.05) is 42.5 Å². The molecule has 0 radical (unpaired) electrons. The molecule has 6 nitrogen and oxygen atoms in total. The molecule has 2 amide bonds. The van der Waals surface area contributed by atoms with Gasteiger partial charge in [-0.05, 0) is 54.3 Å². The summed E-state index contributed by atoms with van der Waals surface area (Å²) in [5.74, 6) is 0.657. The van der Waals surface area contributed by atoms with Crippen LogP contribution in [0.15, 0.2) is 78.5 Å².